The number of methoxy groups -OCH3 is 1. The minimum Gasteiger partial charge on any atom is -0.540 e. The quantitative estimate of drug-likeness (QED) is 0.490. The van der Waals surface area contributed by atoms with Crippen LogP contribution in [0.1, 0.15) is 11.1 Å². The predicted molar refractivity (Wildman–Crippen MR) is 106 cm³/mol. The number of oxazole rings is 1. The molecule has 140 valence electrons. The van der Waals surface area contributed by atoms with E-state index in [4.69, 9.17) is 9.15 Å². The summed E-state index contributed by atoms with van der Waals surface area (Å²) >= 11 is 0. The minimum absolute atomic E-state index is 0.342. The van der Waals surface area contributed by atoms with Gasteiger partial charge in [-0.3, -0.25) is 0 Å². The summed E-state index contributed by atoms with van der Waals surface area (Å²) in [6.07, 6.45) is 0. The molecule has 0 unspecified atom stereocenters. The van der Waals surface area contributed by atoms with Crippen molar-refractivity contribution in [2.24, 2.45) is 0 Å². The van der Waals surface area contributed by atoms with Gasteiger partial charge < -0.3 is 14.3 Å². The number of hydrogen-bond donors (Lipinski definition) is 0. The van der Waals surface area contributed by atoms with Crippen molar-refractivity contribution in [1.82, 2.24) is 0 Å². The van der Waals surface area contributed by atoms with Crippen molar-refractivity contribution in [3.05, 3.63) is 90.0 Å². The lowest BCUT2D eigenvalue weighted by Gasteiger charge is -2.06. The van der Waals surface area contributed by atoms with Crippen molar-refractivity contribution in [2.45, 2.75) is 13.5 Å². The molecule has 0 bridgehead atoms. The van der Waals surface area contributed by atoms with Crippen LogP contribution >= 0.6 is 0 Å². The molecule has 4 rings (SSSR count). The number of ether oxygens (including phenoxy) is 1. The topological polar surface area (TPSA) is 49.3 Å². The second-order valence-corrected chi connectivity index (χ2v) is 6.71. The van der Waals surface area contributed by atoms with Crippen LogP contribution in [0, 0.1) is 6.92 Å². The van der Waals surface area contributed by atoms with E-state index in [9.17, 15) is 5.11 Å². The summed E-state index contributed by atoms with van der Waals surface area (Å²) in [7, 11) is 1.63. The molecule has 0 fully saturated rings. The molecule has 0 atom stereocenters. The first kappa shape index (κ1) is 17.9. The summed E-state index contributed by atoms with van der Waals surface area (Å²) in [5.41, 5.74) is 4.46. The monoisotopic (exact) mass is 371 g/mol. The Kier molecular flexibility index (Phi) is 4.85. The summed E-state index contributed by atoms with van der Waals surface area (Å²) in [6, 6.07) is 25.5. The fourth-order valence-corrected chi connectivity index (χ4v) is 3.25. The first-order valence-electron chi connectivity index (χ1n) is 9.15. The van der Waals surface area contributed by atoms with Gasteiger partial charge in [0.05, 0.1) is 12.7 Å². The summed E-state index contributed by atoms with van der Waals surface area (Å²) in [5, 5.41) is 12.8. The maximum Gasteiger partial charge on any atom is 0.270 e. The Morgan fingerprint density at radius 3 is 2.14 bits per heavy atom. The van der Waals surface area contributed by atoms with Crippen molar-refractivity contribution >= 4 is 0 Å². The van der Waals surface area contributed by atoms with E-state index in [2.05, 4.69) is 0 Å². The Hall–Kier alpha value is -3.53. The Morgan fingerprint density at radius 2 is 1.50 bits per heavy atom. The number of nitrogens with zero attached hydrogens (tertiary/aromatic N) is 1. The lowest BCUT2D eigenvalue weighted by atomic mass is 10.1. The van der Waals surface area contributed by atoms with Gasteiger partial charge in [0.2, 0.25) is 5.69 Å². The van der Waals surface area contributed by atoms with E-state index in [0.717, 1.165) is 28.0 Å². The second-order valence-electron chi connectivity index (χ2n) is 6.71. The molecule has 0 aliphatic heterocycles. The van der Waals surface area contributed by atoms with Crippen molar-refractivity contribution in [3.63, 3.8) is 0 Å². The van der Waals surface area contributed by atoms with Crippen molar-refractivity contribution in [1.29, 1.82) is 0 Å². The number of aromatic nitrogens is 1. The van der Waals surface area contributed by atoms with E-state index in [1.807, 2.05) is 90.4 Å². The summed E-state index contributed by atoms with van der Waals surface area (Å²) in [6.45, 7) is 2.56. The van der Waals surface area contributed by atoms with E-state index in [1.54, 1.807) is 7.11 Å². The average Bonchev–Trinajstić information content (AvgIpc) is 3.05. The lowest BCUT2D eigenvalue weighted by molar-refractivity contribution is -0.669. The van der Waals surface area contributed by atoms with Gasteiger partial charge in [0.15, 0.2) is 6.54 Å². The standard InChI is InChI=1S/C24H21NO3/c1-17-8-10-19(11-9-17)22-24(26)28-23(20-12-14-21(27-2)15-13-20)25(22)16-18-6-4-3-5-7-18/h3-15H,16H2,1-2H3. The number of aryl methyl sites for hydroxylation is 1. The van der Waals surface area contributed by atoms with Gasteiger partial charge in [-0.15, -0.1) is 0 Å². The van der Waals surface area contributed by atoms with E-state index in [0.29, 0.717) is 18.1 Å². The van der Waals surface area contributed by atoms with E-state index in [-0.39, 0.29) is 5.95 Å². The molecule has 1 heterocycles. The molecule has 0 radical (unpaired) electrons. The average molecular weight is 371 g/mol. The molecule has 1 aromatic heterocycles. The third-order valence-corrected chi connectivity index (χ3v) is 4.74. The molecule has 3 aromatic carbocycles. The zero-order valence-corrected chi connectivity index (χ0v) is 15.9. The van der Waals surface area contributed by atoms with Crippen LogP contribution in [0.4, 0.5) is 0 Å². The van der Waals surface area contributed by atoms with Crippen molar-refractivity contribution in [2.75, 3.05) is 7.11 Å². The fourth-order valence-electron chi connectivity index (χ4n) is 3.25. The van der Waals surface area contributed by atoms with Gasteiger partial charge in [0.1, 0.15) is 11.7 Å². The van der Waals surface area contributed by atoms with Crippen LogP contribution in [0.3, 0.4) is 0 Å². The zero-order chi connectivity index (χ0) is 19.5. The van der Waals surface area contributed by atoms with Crippen LogP contribution in [0.25, 0.3) is 22.7 Å². The molecular weight excluding hydrogens is 350 g/mol. The van der Waals surface area contributed by atoms with Gasteiger partial charge >= 0.3 is 0 Å². The van der Waals surface area contributed by atoms with Crippen LogP contribution in [0.5, 0.6) is 11.7 Å². The number of rotatable bonds is 5. The highest BCUT2D eigenvalue weighted by Crippen LogP contribution is 2.31. The highest BCUT2D eigenvalue weighted by molar-refractivity contribution is 5.63. The number of benzene rings is 3. The normalized spacial score (nSPS) is 10.8. The fraction of sp³-hybridized carbons (Fsp3) is 0.125. The molecule has 4 heteroatoms. The Labute approximate surface area is 164 Å². The summed E-state index contributed by atoms with van der Waals surface area (Å²) in [5.74, 6) is 0.948. The Balaban J connectivity index is 1.87. The smallest absolute Gasteiger partial charge is 0.270 e. The molecule has 0 amide bonds. The molecule has 0 spiro atoms. The first-order chi connectivity index (χ1) is 13.7. The molecule has 4 nitrogen and oxygen atoms in total. The largest absolute Gasteiger partial charge is 0.540 e. The lowest BCUT2D eigenvalue weighted by Crippen LogP contribution is -2.37. The van der Waals surface area contributed by atoms with Gasteiger partial charge in [-0.2, -0.15) is 4.57 Å². The van der Waals surface area contributed by atoms with Gasteiger partial charge in [-0.1, -0.05) is 48.0 Å². The molecular formula is C24H21NO3. The van der Waals surface area contributed by atoms with E-state index in [1.165, 1.54) is 0 Å². The van der Waals surface area contributed by atoms with Crippen molar-refractivity contribution < 1.29 is 18.8 Å². The number of hydrogen-bond acceptors (Lipinski definition) is 3. The van der Waals surface area contributed by atoms with Gasteiger partial charge in [0, 0.05) is 11.1 Å². The molecule has 4 aromatic rings. The summed E-state index contributed by atoms with van der Waals surface area (Å²) < 4.78 is 12.9. The predicted octanol–water partition coefficient (Wildman–Crippen LogP) is 4.34. The summed E-state index contributed by atoms with van der Waals surface area (Å²) in [4.78, 5) is 0. The van der Waals surface area contributed by atoms with Crippen LogP contribution in [-0.4, -0.2) is 7.11 Å². The van der Waals surface area contributed by atoms with Crippen LogP contribution in [-0.2, 0) is 6.54 Å². The molecule has 0 aliphatic rings. The highest BCUT2D eigenvalue weighted by Gasteiger charge is 2.24. The molecule has 0 saturated heterocycles. The first-order valence-corrected chi connectivity index (χ1v) is 9.15. The maximum atomic E-state index is 12.8. The van der Waals surface area contributed by atoms with Crippen LogP contribution in [0.15, 0.2) is 83.3 Å². The highest BCUT2D eigenvalue weighted by atomic mass is 16.5. The van der Waals surface area contributed by atoms with Crippen LogP contribution in [0.2, 0.25) is 0 Å². The third kappa shape index (κ3) is 3.49. The van der Waals surface area contributed by atoms with E-state index >= 15 is 0 Å². The van der Waals surface area contributed by atoms with E-state index < -0.39 is 0 Å². The zero-order valence-electron chi connectivity index (χ0n) is 15.9. The molecule has 0 aliphatic carbocycles. The third-order valence-electron chi connectivity index (χ3n) is 4.74. The Bertz CT molecular complexity index is 1070. The second kappa shape index (κ2) is 7.61. The minimum atomic E-state index is -0.342. The molecule has 0 saturated carbocycles. The SMILES string of the molecule is COc1ccc(-c2oc([O-])c(-c3ccc(C)cc3)[n+]2Cc2ccccc2)cc1. The van der Waals surface area contributed by atoms with Gasteiger partial charge in [-0.05, 0) is 43.3 Å². The van der Waals surface area contributed by atoms with Crippen molar-refractivity contribution in [3.8, 4) is 34.4 Å². The van der Waals surface area contributed by atoms with Gasteiger partial charge in [0.25, 0.3) is 5.89 Å². The molecule has 28 heavy (non-hydrogen) atoms. The Morgan fingerprint density at radius 1 is 0.857 bits per heavy atom. The maximum absolute atomic E-state index is 12.8. The van der Waals surface area contributed by atoms with Crippen LogP contribution < -0.4 is 14.4 Å². The van der Waals surface area contributed by atoms with Gasteiger partial charge in [-0.25, -0.2) is 0 Å². The molecule has 0 N–H and O–H groups in total.